The lowest BCUT2D eigenvalue weighted by Crippen LogP contribution is -2.61. The molecule has 10 unspecified atom stereocenters. The Balaban J connectivity index is 0.000000573. The number of rotatable bonds is 29. The molecule has 4 fully saturated rings. The van der Waals surface area contributed by atoms with Crippen LogP contribution in [-0.4, -0.2) is 190 Å². The van der Waals surface area contributed by atoms with Crippen molar-refractivity contribution in [1.29, 1.82) is 0 Å². The first-order valence-corrected chi connectivity index (χ1v) is 48.3. The van der Waals surface area contributed by atoms with Crippen LogP contribution in [0.25, 0.3) is 0 Å². The molecule has 8 rings (SSSR count). The van der Waals surface area contributed by atoms with Gasteiger partial charge < -0.3 is 77.4 Å². The first kappa shape index (κ1) is 95.7. The predicted molar refractivity (Wildman–Crippen MR) is 412 cm³/mol. The van der Waals surface area contributed by atoms with E-state index in [0.717, 1.165) is 5.56 Å². The second-order valence-electron chi connectivity index (χ2n) is 24.9. The molecule has 1 amide bonds. The molecule has 6 N–H and O–H groups in total. The van der Waals surface area contributed by atoms with Crippen LogP contribution in [0.5, 0.6) is 11.5 Å². The molecule has 4 aromatic carbocycles. The van der Waals surface area contributed by atoms with Crippen molar-refractivity contribution in [3.05, 3.63) is 131 Å². The molecule has 4 saturated heterocycles. The van der Waals surface area contributed by atoms with E-state index in [2.05, 4.69) is 94.4 Å². The van der Waals surface area contributed by atoms with E-state index in [-0.39, 0.29) is 92.8 Å². The van der Waals surface area contributed by atoms with Gasteiger partial charge in [0.15, 0.2) is 0 Å². The molecule has 0 saturated carbocycles. The lowest BCUT2D eigenvalue weighted by molar-refractivity contribution is -0.0217. The van der Waals surface area contributed by atoms with Gasteiger partial charge in [-0.1, -0.05) is 168 Å². The van der Waals surface area contributed by atoms with Crippen molar-refractivity contribution in [2.45, 2.75) is 233 Å². The second kappa shape index (κ2) is 48.9. The maximum absolute atomic E-state index is 12.6. The highest BCUT2D eigenvalue weighted by Gasteiger charge is 2.66. The average molecular weight is 1580 g/mol. The molecule has 10 atom stereocenters. The standard InChI is InChI=1S/C32H45N3O11Si3.C17H29N3O10Si3.C15H16O.4C2H6/c1-25-30-26(2)43-48(40,46-49(44-30,22-9-18-34-24-37)45-47(39,42-25)20-8-17-33-23-36)21-10-19-35-31(38)41-29-15-13-28(14-16-29)32(3,4)27-11-6-5-7-12-27;1-15-17-16(2)27-32(25,10-4-7-19-13-22)30-33(28-17,11-5-8-20-14-23)29-31(24,26-15)9-3-6-18-12-21;1-15(2,12-6-4-3-5-7-12)13-8-10-14(16)11-9-13;4*1-2/h5-7,11-16,25-26,30,39-40H,8-10,17-22H2,1-4H3,(H,35,38);15-17,24-25H,3-11H2,1-2H3;3-11,16H,1-2H3;4*1-2H3. The third-order valence-corrected chi connectivity index (χ3v) is 36.8. The number of nitrogens with zero attached hydrogens (tertiary/aromatic N) is 5. The summed E-state index contributed by atoms with van der Waals surface area (Å²) in [7, 11) is -23.5. The van der Waals surface area contributed by atoms with Crippen LogP contribution in [0.4, 0.5) is 4.79 Å². The maximum Gasteiger partial charge on any atom is 0.491 e. The third kappa shape index (κ3) is 31.3. The molecular formula is C72H114N6O22Si6. The van der Waals surface area contributed by atoms with E-state index in [1.165, 1.54) is 47.1 Å². The van der Waals surface area contributed by atoms with Gasteiger partial charge in [-0.05, 0) is 113 Å². The molecule has 0 aliphatic carbocycles. The number of ether oxygens (including phenoxy) is 1. The summed E-state index contributed by atoms with van der Waals surface area (Å²) in [5, 5.41) is 12.0. The van der Waals surface area contributed by atoms with Gasteiger partial charge in [-0.2, -0.15) is 0 Å². The topological polar surface area (TPSA) is 379 Å². The number of aromatic hydroxyl groups is 1. The van der Waals surface area contributed by atoms with E-state index in [4.69, 9.17) is 47.8 Å². The molecule has 588 valence electrons. The Kier molecular flexibility index (Phi) is 44.1. The molecule has 4 aromatic rings. The van der Waals surface area contributed by atoms with Crippen LogP contribution in [-0.2, 0) is 77.8 Å². The van der Waals surface area contributed by atoms with E-state index in [1.807, 2.05) is 104 Å². The van der Waals surface area contributed by atoms with Crippen molar-refractivity contribution in [2.24, 2.45) is 25.0 Å². The Labute approximate surface area is 632 Å². The number of nitrogens with one attached hydrogen (secondary N) is 1. The Morgan fingerprint density at radius 1 is 0.406 bits per heavy atom. The lowest BCUT2D eigenvalue weighted by atomic mass is 9.78. The number of aliphatic imine (C=N–C) groups is 5. The minimum absolute atomic E-state index is 0.0328. The number of carbonyl (C=O) groups excluding carboxylic acids is 6. The number of amides is 1. The van der Waals surface area contributed by atoms with E-state index in [1.54, 1.807) is 52.0 Å². The highest BCUT2D eigenvalue weighted by atomic mass is 28.5. The minimum atomic E-state index is -4.04. The van der Waals surface area contributed by atoms with Crippen molar-refractivity contribution in [3.8, 4) is 11.5 Å². The fraction of sp³-hybridized carbons (Fsp3) is 0.583. The number of hydrogen-bond acceptors (Lipinski definition) is 27. The van der Waals surface area contributed by atoms with Crippen LogP contribution in [0.2, 0.25) is 36.3 Å². The summed E-state index contributed by atoms with van der Waals surface area (Å²) < 4.78 is 67.0. The third-order valence-electron chi connectivity index (χ3n) is 16.6. The summed E-state index contributed by atoms with van der Waals surface area (Å²) in [6.07, 6.45) is 4.36. The Bertz CT molecular complexity index is 3380. The number of phenolic OH excluding ortho intramolecular Hbond substituents is 1. The van der Waals surface area contributed by atoms with Gasteiger partial charge in [0.05, 0.1) is 69.3 Å². The SMILES string of the molecule is CC.CC.CC.CC.CC(C)(c1ccccc1)c1ccc(O)cc1.CC1O[Si](O)(CCCN=C=O)O[Si]2(CCCN=C=O)OC1C(C)O[Si](O)(CCCN=C=O)O2.CC1O[Si](O)(CCCN=C=O)O[Si]2(CCCN=C=O)OC1C(C)O[Si](O)(CCCNC(=O)Oc1ccc(C(C)(C)c3ccccc3)cc1)O2. The first-order chi connectivity index (χ1) is 50.6. The summed E-state index contributed by atoms with van der Waals surface area (Å²) >= 11 is 0. The zero-order valence-electron chi connectivity index (χ0n) is 64.5. The van der Waals surface area contributed by atoms with E-state index in [9.17, 15) is 53.1 Å². The van der Waals surface area contributed by atoms with Gasteiger partial charge in [0.25, 0.3) is 0 Å². The minimum Gasteiger partial charge on any atom is -0.508 e. The molecule has 34 heteroatoms. The highest BCUT2D eigenvalue weighted by molar-refractivity contribution is 6.81. The number of phenols is 1. The summed E-state index contributed by atoms with van der Waals surface area (Å²) in [6, 6.07) is 35.9. The van der Waals surface area contributed by atoms with Gasteiger partial charge in [0.2, 0.25) is 30.4 Å². The van der Waals surface area contributed by atoms with Crippen molar-refractivity contribution in [2.75, 3.05) is 39.3 Å². The summed E-state index contributed by atoms with van der Waals surface area (Å²) in [6.45, 7) is 32.3. The maximum atomic E-state index is 12.6. The Morgan fingerprint density at radius 3 is 0.962 bits per heavy atom. The van der Waals surface area contributed by atoms with Crippen molar-refractivity contribution < 1.29 is 101 Å². The van der Waals surface area contributed by atoms with E-state index in [0.29, 0.717) is 43.6 Å². The molecule has 0 aromatic heterocycles. The van der Waals surface area contributed by atoms with Gasteiger partial charge in [0, 0.05) is 53.6 Å². The fourth-order valence-corrected chi connectivity index (χ4v) is 34.0. The molecule has 4 aliphatic heterocycles. The zero-order chi connectivity index (χ0) is 79.5. The van der Waals surface area contributed by atoms with Crippen molar-refractivity contribution in [1.82, 2.24) is 5.32 Å². The number of hydrogen-bond donors (Lipinski definition) is 6. The fourth-order valence-electron chi connectivity index (χ4n) is 11.6. The normalized spacial score (nSPS) is 26.2. The smallest absolute Gasteiger partial charge is 0.491 e. The van der Waals surface area contributed by atoms with Crippen LogP contribution in [0, 0.1) is 0 Å². The van der Waals surface area contributed by atoms with E-state index >= 15 is 0 Å². The largest absolute Gasteiger partial charge is 0.508 e. The monoisotopic (exact) mass is 1580 g/mol. The van der Waals surface area contributed by atoms with Gasteiger partial charge in [-0.25, -0.2) is 53.7 Å². The molecule has 4 aliphatic rings. The predicted octanol–water partition coefficient (Wildman–Crippen LogP) is 12.0. The van der Waals surface area contributed by atoms with Gasteiger partial charge >= 0.3 is 58.9 Å². The average Bonchev–Trinajstić information content (AvgIpc) is 1.61. The van der Waals surface area contributed by atoms with Crippen LogP contribution in [0.15, 0.2) is 134 Å². The summed E-state index contributed by atoms with van der Waals surface area (Å²) in [5.74, 6) is 0.699. The molecule has 4 bridgehead atoms. The van der Waals surface area contributed by atoms with Crippen molar-refractivity contribution in [3.63, 3.8) is 0 Å². The number of fused-ring (bicyclic) bond motifs is 4. The number of benzene rings is 4. The summed E-state index contributed by atoms with van der Waals surface area (Å²) in [5.41, 5.74) is 4.46. The quantitative estimate of drug-likeness (QED) is 0.0127. The van der Waals surface area contributed by atoms with Gasteiger partial charge in [0.1, 0.15) is 11.5 Å². The molecule has 4 heterocycles. The number of isocyanates is 5. The molecule has 0 spiro atoms. The van der Waals surface area contributed by atoms with Crippen LogP contribution in [0.1, 0.15) is 172 Å². The van der Waals surface area contributed by atoms with Crippen LogP contribution >= 0.6 is 0 Å². The Morgan fingerprint density at radius 2 is 0.670 bits per heavy atom. The Hall–Kier alpha value is -6.41. The van der Waals surface area contributed by atoms with Crippen molar-refractivity contribution >= 4 is 89.3 Å². The highest BCUT2D eigenvalue weighted by Crippen LogP contribution is 2.42. The molecular weight excluding hydrogens is 1470 g/mol. The van der Waals surface area contributed by atoms with Gasteiger partial charge in [-0.15, -0.1) is 0 Å². The molecule has 28 nitrogen and oxygen atoms in total. The zero-order valence-corrected chi connectivity index (χ0v) is 70.5. The first-order valence-electron chi connectivity index (χ1n) is 36.6. The molecule has 0 radical (unpaired) electrons. The second-order valence-corrected chi connectivity index (χ2v) is 41.1. The van der Waals surface area contributed by atoms with Crippen LogP contribution < -0.4 is 10.1 Å². The summed E-state index contributed by atoms with van der Waals surface area (Å²) in [4.78, 5) is 129. The lowest BCUT2D eigenvalue weighted by Gasteiger charge is -2.36. The molecule has 106 heavy (non-hydrogen) atoms. The van der Waals surface area contributed by atoms with E-state index < -0.39 is 95.5 Å². The number of carbonyl (C=O) groups is 1. The van der Waals surface area contributed by atoms with Crippen LogP contribution in [0.3, 0.4) is 0 Å². The van der Waals surface area contributed by atoms with Gasteiger partial charge in [-0.3, -0.25) is 0 Å².